The minimum Gasteiger partial charge on any atom is -0.493 e. The normalized spacial score (nSPS) is 11.8. The molecular weight excluding hydrogens is 391 g/mol. The van der Waals surface area contributed by atoms with Gasteiger partial charge in [0.05, 0.1) is 22.2 Å². The molecule has 2 aromatic rings. The van der Waals surface area contributed by atoms with E-state index in [1.54, 1.807) is 24.3 Å². The van der Waals surface area contributed by atoms with Crippen molar-refractivity contribution >= 4 is 40.9 Å². The number of ether oxygens (including phenoxy) is 2. The van der Waals surface area contributed by atoms with E-state index in [2.05, 4.69) is 10.3 Å². The maximum absolute atomic E-state index is 12.3. The molecule has 0 aliphatic carbocycles. The number of anilines is 1. The number of carbonyl (C=O) groups is 2. The highest BCUT2D eigenvalue weighted by atomic mass is 35.5. The first-order valence-electron chi connectivity index (χ1n) is 8.32. The predicted molar refractivity (Wildman–Crippen MR) is 105 cm³/mol. The van der Waals surface area contributed by atoms with E-state index in [0.29, 0.717) is 28.9 Å². The molecule has 1 amide bonds. The van der Waals surface area contributed by atoms with E-state index in [1.165, 1.54) is 19.2 Å². The molecule has 0 spiro atoms. The number of benzene rings is 1. The Labute approximate surface area is 167 Å². The Morgan fingerprint density at radius 2 is 1.93 bits per heavy atom. The van der Waals surface area contributed by atoms with E-state index in [0.717, 1.165) is 0 Å². The molecule has 0 bridgehead atoms. The summed E-state index contributed by atoms with van der Waals surface area (Å²) in [6.45, 7) is 6.04. The molecule has 0 radical (unpaired) electrons. The maximum Gasteiger partial charge on any atom is 0.339 e. The number of esters is 1. The molecule has 0 unspecified atom stereocenters. The Kier molecular flexibility index (Phi) is 7.45. The summed E-state index contributed by atoms with van der Waals surface area (Å²) in [6, 6.07) is 8.06. The Morgan fingerprint density at radius 3 is 2.59 bits per heavy atom. The Bertz CT molecular complexity index is 827. The van der Waals surface area contributed by atoms with Gasteiger partial charge in [0.2, 0.25) is 0 Å². The second kappa shape index (κ2) is 9.58. The molecule has 8 heteroatoms. The molecule has 0 fully saturated rings. The predicted octanol–water partition coefficient (Wildman–Crippen LogP) is 4.61. The molecule has 0 saturated carbocycles. The van der Waals surface area contributed by atoms with Gasteiger partial charge in [-0.1, -0.05) is 43.1 Å². The second-order valence-electron chi connectivity index (χ2n) is 6.25. The van der Waals surface area contributed by atoms with Crippen LogP contribution in [0, 0.1) is 5.92 Å². The van der Waals surface area contributed by atoms with Crippen molar-refractivity contribution in [2.75, 3.05) is 11.9 Å². The van der Waals surface area contributed by atoms with Crippen LogP contribution < -0.4 is 10.1 Å². The summed E-state index contributed by atoms with van der Waals surface area (Å²) in [6.07, 6.45) is 0.300. The maximum atomic E-state index is 12.3. The Hall–Kier alpha value is -2.31. The lowest BCUT2D eigenvalue weighted by Crippen LogP contribution is -2.30. The minimum absolute atomic E-state index is 0.137. The fraction of sp³-hybridized carbons (Fsp3) is 0.316. The van der Waals surface area contributed by atoms with Crippen molar-refractivity contribution in [1.82, 2.24) is 4.98 Å². The zero-order valence-corrected chi connectivity index (χ0v) is 16.7. The third kappa shape index (κ3) is 6.41. The molecule has 27 heavy (non-hydrogen) atoms. The first-order valence-corrected chi connectivity index (χ1v) is 9.07. The van der Waals surface area contributed by atoms with Crippen molar-refractivity contribution in [3.63, 3.8) is 0 Å². The van der Waals surface area contributed by atoms with Crippen molar-refractivity contribution in [2.45, 2.75) is 26.9 Å². The lowest BCUT2D eigenvalue weighted by Gasteiger charge is -2.14. The van der Waals surface area contributed by atoms with Crippen molar-refractivity contribution in [3.8, 4) is 5.75 Å². The van der Waals surface area contributed by atoms with Crippen molar-refractivity contribution < 1.29 is 19.1 Å². The minimum atomic E-state index is -1.05. The van der Waals surface area contributed by atoms with Crippen LogP contribution in [-0.2, 0) is 9.53 Å². The average Bonchev–Trinajstić information content (AvgIpc) is 2.62. The highest BCUT2D eigenvalue weighted by Crippen LogP contribution is 2.23. The molecule has 1 aromatic carbocycles. The van der Waals surface area contributed by atoms with Crippen LogP contribution in [0.5, 0.6) is 5.75 Å². The summed E-state index contributed by atoms with van der Waals surface area (Å²) >= 11 is 11.7. The molecule has 1 heterocycles. The van der Waals surface area contributed by atoms with Crippen molar-refractivity contribution in [2.24, 2.45) is 5.92 Å². The highest BCUT2D eigenvalue weighted by molar-refractivity contribution is 6.36. The van der Waals surface area contributed by atoms with Crippen LogP contribution in [0.15, 0.2) is 36.5 Å². The SMILES string of the molecule is CC(C)COc1cccc(C(=O)O[C@H](C)C(=O)Nc2ncc(Cl)cc2Cl)c1. The van der Waals surface area contributed by atoms with E-state index in [1.807, 2.05) is 13.8 Å². The van der Waals surface area contributed by atoms with Gasteiger partial charge in [-0.15, -0.1) is 0 Å². The van der Waals surface area contributed by atoms with Gasteiger partial charge in [-0.2, -0.15) is 0 Å². The number of hydrogen-bond acceptors (Lipinski definition) is 5. The number of amides is 1. The number of nitrogens with zero attached hydrogens (tertiary/aromatic N) is 1. The van der Waals surface area contributed by atoms with Crippen LogP contribution in [0.3, 0.4) is 0 Å². The molecule has 6 nitrogen and oxygen atoms in total. The summed E-state index contributed by atoms with van der Waals surface area (Å²) in [4.78, 5) is 28.4. The van der Waals surface area contributed by atoms with Gasteiger partial charge in [0.15, 0.2) is 11.9 Å². The van der Waals surface area contributed by atoms with E-state index in [-0.39, 0.29) is 10.8 Å². The zero-order valence-electron chi connectivity index (χ0n) is 15.2. The number of aromatic nitrogens is 1. The van der Waals surface area contributed by atoms with Crippen LogP contribution >= 0.6 is 23.2 Å². The van der Waals surface area contributed by atoms with Gasteiger partial charge in [0, 0.05) is 6.20 Å². The monoisotopic (exact) mass is 410 g/mol. The van der Waals surface area contributed by atoms with Gasteiger partial charge in [-0.05, 0) is 37.1 Å². The molecule has 144 valence electrons. The zero-order chi connectivity index (χ0) is 20.0. The van der Waals surface area contributed by atoms with Crippen molar-refractivity contribution in [3.05, 3.63) is 52.1 Å². The fourth-order valence-corrected chi connectivity index (χ4v) is 2.41. The molecule has 1 atom stereocenters. The fourth-order valence-electron chi connectivity index (χ4n) is 1.98. The average molecular weight is 411 g/mol. The molecule has 1 aromatic heterocycles. The molecular formula is C19H20Cl2N2O4. The number of pyridine rings is 1. The Balaban J connectivity index is 1.98. The largest absolute Gasteiger partial charge is 0.493 e. The number of hydrogen-bond donors (Lipinski definition) is 1. The van der Waals surface area contributed by atoms with E-state index < -0.39 is 18.0 Å². The summed E-state index contributed by atoms with van der Waals surface area (Å²) < 4.78 is 10.8. The van der Waals surface area contributed by atoms with Crippen LogP contribution in [0.2, 0.25) is 10.0 Å². The standard InChI is InChI=1S/C19H20Cl2N2O4/c1-11(2)10-26-15-6-4-5-13(7-15)19(25)27-12(3)18(24)23-17-16(21)8-14(20)9-22-17/h4-9,11-12H,10H2,1-3H3,(H,22,23,24)/t12-/m1/s1. The van der Waals surface area contributed by atoms with E-state index in [9.17, 15) is 9.59 Å². The lowest BCUT2D eigenvalue weighted by atomic mass is 10.2. The Morgan fingerprint density at radius 1 is 1.19 bits per heavy atom. The van der Waals surface area contributed by atoms with Gasteiger partial charge >= 0.3 is 5.97 Å². The van der Waals surface area contributed by atoms with Gasteiger partial charge in [-0.25, -0.2) is 9.78 Å². The lowest BCUT2D eigenvalue weighted by molar-refractivity contribution is -0.123. The number of carbonyl (C=O) groups excluding carboxylic acids is 2. The number of halogens is 2. The molecule has 0 saturated heterocycles. The molecule has 2 rings (SSSR count). The summed E-state index contributed by atoms with van der Waals surface area (Å²) in [7, 11) is 0. The van der Waals surface area contributed by atoms with Crippen LogP contribution in [0.4, 0.5) is 5.82 Å². The van der Waals surface area contributed by atoms with E-state index >= 15 is 0 Å². The first-order chi connectivity index (χ1) is 12.8. The summed E-state index contributed by atoms with van der Waals surface area (Å²) in [5.41, 5.74) is 0.290. The van der Waals surface area contributed by atoms with Crippen molar-refractivity contribution in [1.29, 1.82) is 0 Å². The number of rotatable bonds is 7. The quantitative estimate of drug-likeness (QED) is 0.674. The third-order valence-corrected chi connectivity index (χ3v) is 3.85. The van der Waals surface area contributed by atoms with E-state index in [4.69, 9.17) is 32.7 Å². The van der Waals surface area contributed by atoms with Gasteiger partial charge in [0.25, 0.3) is 5.91 Å². The second-order valence-corrected chi connectivity index (χ2v) is 7.10. The molecule has 1 N–H and O–H groups in total. The van der Waals surface area contributed by atoms with Gasteiger partial charge in [0.1, 0.15) is 5.75 Å². The highest BCUT2D eigenvalue weighted by Gasteiger charge is 2.20. The van der Waals surface area contributed by atoms with Gasteiger partial charge in [-0.3, -0.25) is 4.79 Å². The van der Waals surface area contributed by atoms with Crippen LogP contribution in [-0.4, -0.2) is 29.6 Å². The van der Waals surface area contributed by atoms with Crippen LogP contribution in [0.1, 0.15) is 31.1 Å². The summed E-state index contributed by atoms with van der Waals surface area (Å²) in [5, 5.41) is 3.02. The third-order valence-electron chi connectivity index (χ3n) is 3.36. The topological polar surface area (TPSA) is 77.5 Å². The summed E-state index contributed by atoms with van der Waals surface area (Å²) in [5.74, 6) is -0.141. The smallest absolute Gasteiger partial charge is 0.339 e. The van der Waals surface area contributed by atoms with Crippen LogP contribution in [0.25, 0.3) is 0 Å². The number of nitrogens with one attached hydrogen (secondary N) is 1. The molecule has 0 aliphatic rings. The first kappa shape index (κ1) is 21.0. The van der Waals surface area contributed by atoms with Gasteiger partial charge < -0.3 is 14.8 Å². The molecule has 0 aliphatic heterocycles.